The van der Waals surface area contributed by atoms with E-state index in [1.807, 2.05) is 19.1 Å². The van der Waals surface area contributed by atoms with Gasteiger partial charge in [-0.05, 0) is 97.6 Å². The molecule has 0 bridgehead atoms. The van der Waals surface area contributed by atoms with E-state index in [9.17, 15) is 13.6 Å². The Balaban J connectivity index is 1.61. The second kappa shape index (κ2) is 8.77. The van der Waals surface area contributed by atoms with Crippen LogP contribution < -0.4 is 5.73 Å². The van der Waals surface area contributed by atoms with E-state index in [1.54, 1.807) is 12.1 Å². The molecule has 1 aliphatic carbocycles. The van der Waals surface area contributed by atoms with E-state index in [2.05, 4.69) is 9.30 Å². The van der Waals surface area contributed by atoms with Crippen LogP contribution in [0.5, 0.6) is 0 Å². The Labute approximate surface area is 184 Å². The zero-order chi connectivity index (χ0) is 22.0. The highest BCUT2D eigenvalue weighted by Crippen LogP contribution is 2.45. The van der Waals surface area contributed by atoms with Crippen LogP contribution >= 0.6 is 11.9 Å². The first-order valence-corrected chi connectivity index (χ1v) is 10.8. The number of aryl methyl sites for hydroxylation is 1. The predicted molar refractivity (Wildman–Crippen MR) is 120 cm³/mol. The van der Waals surface area contributed by atoms with Gasteiger partial charge in [0.25, 0.3) is 0 Å². The molecule has 0 spiro atoms. The van der Waals surface area contributed by atoms with Gasteiger partial charge < -0.3 is 10.5 Å². The summed E-state index contributed by atoms with van der Waals surface area (Å²) in [4.78, 5) is 17.7. The van der Waals surface area contributed by atoms with Gasteiger partial charge in [-0.3, -0.25) is 0 Å². The standard InChI is InChI=1S/C24H23F2N3OS/c1-16-8-20(26)11-22(9-16)31-29-7-6-18-10-23(28-21-4-2-19(25)3-5-21)17(13-27)12-24(18,14-29)15-30/h2-5,8-11,13,15H,6-7,12,14,27H2,1H3. The normalized spacial score (nSPS) is 24.2. The zero-order valence-electron chi connectivity index (χ0n) is 17.1. The van der Waals surface area contributed by atoms with Gasteiger partial charge in [-0.2, -0.15) is 0 Å². The molecular formula is C24H23F2N3OS. The maximum absolute atomic E-state index is 13.8. The molecule has 4 nitrogen and oxygen atoms in total. The Morgan fingerprint density at radius 3 is 2.61 bits per heavy atom. The number of hydrogen-bond donors (Lipinski definition) is 1. The summed E-state index contributed by atoms with van der Waals surface area (Å²) in [5.41, 5.74) is 9.17. The van der Waals surface area contributed by atoms with Gasteiger partial charge in [0, 0.05) is 18.0 Å². The minimum atomic E-state index is -0.694. The number of nitrogens with two attached hydrogens (primary N) is 1. The Hall–Kier alpha value is -2.77. The summed E-state index contributed by atoms with van der Waals surface area (Å²) in [7, 11) is 0. The van der Waals surface area contributed by atoms with Crippen molar-refractivity contribution >= 4 is 29.6 Å². The van der Waals surface area contributed by atoms with Crippen LogP contribution in [0.25, 0.3) is 0 Å². The summed E-state index contributed by atoms with van der Waals surface area (Å²) in [6.07, 6.45) is 5.57. The number of fused-ring (bicyclic) bond motifs is 1. The quantitative estimate of drug-likeness (QED) is 0.531. The van der Waals surface area contributed by atoms with Crippen LogP contribution in [-0.2, 0) is 4.79 Å². The minimum absolute atomic E-state index is 0.266. The summed E-state index contributed by atoms with van der Waals surface area (Å²) < 4.78 is 29.1. The number of hydrogen-bond acceptors (Lipinski definition) is 5. The maximum atomic E-state index is 13.8. The largest absolute Gasteiger partial charge is 0.404 e. The fraction of sp³-hybridized carbons (Fsp3) is 0.250. The molecule has 2 aromatic rings. The van der Waals surface area contributed by atoms with Gasteiger partial charge in [0.05, 0.1) is 16.8 Å². The summed E-state index contributed by atoms with van der Waals surface area (Å²) in [5.74, 6) is -0.586. The molecular weight excluding hydrogens is 416 g/mol. The van der Waals surface area contributed by atoms with Crippen molar-refractivity contribution in [3.63, 3.8) is 0 Å². The zero-order valence-corrected chi connectivity index (χ0v) is 18.0. The Morgan fingerprint density at radius 1 is 1.16 bits per heavy atom. The number of aldehydes is 1. The highest BCUT2D eigenvalue weighted by molar-refractivity contribution is 7.97. The summed E-state index contributed by atoms with van der Waals surface area (Å²) in [6.45, 7) is 3.09. The van der Waals surface area contributed by atoms with Crippen molar-refractivity contribution in [2.75, 3.05) is 13.1 Å². The number of nitrogens with zero attached hydrogens (tertiary/aromatic N) is 2. The van der Waals surface area contributed by atoms with Crippen LogP contribution in [0.3, 0.4) is 0 Å². The van der Waals surface area contributed by atoms with Gasteiger partial charge >= 0.3 is 0 Å². The second-order valence-electron chi connectivity index (χ2n) is 7.95. The van der Waals surface area contributed by atoms with E-state index in [1.165, 1.54) is 42.4 Å². The molecule has 31 heavy (non-hydrogen) atoms. The topological polar surface area (TPSA) is 58.7 Å². The molecule has 1 saturated heterocycles. The average Bonchev–Trinajstić information content (AvgIpc) is 2.74. The van der Waals surface area contributed by atoms with Gasteiger partial charge in [-0.15, -0.1) is 0 Å². The molecule has 1 fully saturated rings. The molecule has 1 heterocycles. The first-order valence-electron chi connectivity index (χ1n) is 10.0. The first-order chi connectivity index (χ1) is 14.9. The third-order valence-electron chi connectivity index (χ3n) is 5.63. The second-order valence-corrected chi connectivity index (χ2v) is 9.13. The number of carbonyl (C=O) groups excluding carboxylic acids is 1. The van der Waals surface area contributed by atoms with Crippen molar-refractivity contribution in [3.8, 4) is 0 Å². The predicted octanol–water partition coefficient (Wildman–Crippen LogP) is 5.12. The molecule has 1 unspecified atom stereocenters. The van der Waals surface area contributed by atoms with E-state index in [0.29, 0.717) is 30.8 Å². The summed E-state index contributed by atoms with van der Waals surface area (Å²) >= 11 is 1.47. The highest BCUT2D eigenvalue weighted by Gasteiger charge is 2.43. The Bertz CT molecular complexity index is 1070. The van der Waals surface area contributed by atoms with Crippen molar-refractivity contribution in [2.24, 2.45) is 16.1 Å². The molecule has 160 valence electrons. The smallest absolute Gasteiger partial charge is 0.131 e. The van der Waals surface area contributed by atoms with Crippen molar-refractivity contribution in [1.29, 1.82) is 0 Å². The fourth-order valence-electron chi connectivity index (χ4n) is 4.10. The number of allylic oxidation sites excluding steroid dienone is 2. The summed E-state index contributed by atoms with van der Waals surface area (Å²) in [5, 5.41) is 0. The third-order valence-corrected chi connectivity index (χ3v) is 6.64. The Kier molecular flexibility index (Phi) is 6.07. The van der Waals surface area contributed by atoms with Gasteiger partial charge in [0.15, 0.2) is 0 Å². The molecule has 2 N–H and O–H groups in total. The molecule has 7 heteroatoms. The van der Waals surface area contributed by atoms with Crippen LogP contribution in [-0.4, -0.2) is 29.4 Å². The lowest BCUT2D eigenvalue weighted by Crippen LogP contribution is -2.45. The highest BCUT2D eigenvalue weighted by atomic mass is 32.2. The number of halogens is 2. The lowest BCUT2D eigenvalue weighted by atomic mass is 9.68. The van der Waals surface area contributed by atoms with E-state index >= 15 is 0 Å². The van der Waals surface area contributed by atoms with Gasteiger partial charge in [0.1, 0.15) is 17.9 Å². The number of rotatable bonds is 4. The monoisotopic (exact) mass is 439 g/mol. The molecule has 0 saturated carbocycles. The van der Waals surface area contributed by atoms with Crippen molar-refractivity contribution in [1.82, 2.24) is 4.31 Å². The number of aliphatic imine (C=N–C) groups is 1. The molecule has 4 rings (SSSR count). The molecule has 1 aliphatic heterocycles. The van der Waals surface area contributed by atoms with E-state index in [0.717, 1.165) is 34.4 Å². The molecule has 2 aliphatic rings. The first kappa shape index (κ1) is 21.5. The van der Waals surface area contributed by atoms with Crippen LogP contribution in [0.1, 0.15) is 18.4 Å². The number of piperidine rings is 1. The molecule has 1 atom stereocenters. The van der Waals surface area contributed by atoms with Crippen molar-refractivity contribution < 1.29 is 13.6 Å². The molecule has 0 radical (unpaired) electrons. The molecule has 0 amide bonds. The lowest BCUT2D eigenvalue weighted by Gasteiger charge is -2.43. The van der Waals surface area contributed by atoms with Crippen LogP contribution in [0.15, 0.2) is 75.8 Å². The van der Waals surface area contributed by atoms with Gasteiger partial charge in [0.2, 0.25) is 0 Å². The SMILES string of the molecule is Cc1cc(F)cc(SN2CCC3=CC(=Nc4ccc(F)cc4)C(=CN)CC3(C=O)C2)c1. The van der Waals surface area contributed by atoms with Crippen molar-refractivity contribution in [3.05, 3.63) is 83.1 Å². The third kappa shape index (κ3) is 4.62. The fourth-order valence-corrected chi connectivity index (χ4v) is 5.28. The summed E-state index contributed by atoms with van der Waals surface area (Å²) in [6, 6.07) is 10.9. The van der Waals surface area contributed by atoms with E-state index < -0.39 is 5.41 Å². The Morgan fingerprint density at radius 2 is 1.94 bits per heavy atom. The van der Waals surface area contributed by atoms with Gasteiger partial charge in [-0.1, -0.05) is 5.57 Å². The van der Waals surface area contributed by atoms with E-state index in [4.69, 9.17) is 5.73 Å². The lowest BCUT2D eigenvalue weighted by molar-refractivity contribution is -0.115. The van der Waals surface area contributed by atoms with Crippen LogP contribution in [0.4, 0.5) is 14.5 Å². The molecule has 0 aromatic heterocycles. The maximum Gasteiger partial charge on any atom is 0.131 e. The van der Waals surface area contributed by atoms with Crippen LogP contribution in [0.2, 0.25) is 0 Å². The average molecular weight is 440 g/mol. The minimum Gasteiger partial charge on any atom is -0.404 e. The van der Waals surface area contributed by atoms with Crippen molar-refractivity contribution in [2.45, 2.75) is 24.7 Å². The van der Waals surface area contributed by atoms with E-state index in [-0.39, 0.29) is 11.6 Å². The number of benzene rings is 2. The van der Waals surface area contributed by atoms with Crippen LogP contribution in [0, 0.1) is 24.0 Å². The van der Waals surface area contributed by atoms with Gasteiger partial charge in [-0.25, -0.2) is 18.1 Å². The number of carbonyl (C=O) groups is 1. The molecule has 2 aromatic carbocycles.